The number of thiophene rings is 1. The largest absolute Gasteiger partial charge is 0.508 e. The van der Waals surface area contributed by atoms with Crippen molar-refractivity contribution in [1.29, 1.82) is 0 Å². The van der Waals surface area contributed by atoms with Gasteiger partial charge in [-0.05, 0) is 35.7 Å². The minimum absolute atomic E-state index is 0.0646. The Kier molecular flexibility index (Phi) is 4.64. The van der Waals surface area contributed by atoms with Crippen LogP contribution in [0.5, 0.6) is 5.75 Å². The van der Waals surface area contributed by atoms with E-state index in [2.05, 4.69) is 10.2 Å². The Morgan fingerprint density at radius 1 is 1.00 bits per heavy atom. The molecule has 1 aliphatic rings. The fraction of sp³-hybridized carbons (Fsp3) is 0.211. The number of H-pyrrole nitrogens is 1. The zero-order valence-corrected chi connectivity index (χ0v) is 15.3. The lowest BCUT2D eigenvalue weighted by Crippen LogP contribution is -2.50. The van der Waals surface area contributed by atoms with E-state index >= 15 is 0 Å². The van der Waals surface area contributed by atoms with E-state index in [0.717, 1.165) is 10.6 Å². The maximum absolute atomic E-state index is 12.7. The van der Waals surface area contributed by atoms with E-state index in [1.807, 2.05) is 17.5 Å². The lowest BCUT2D eigenvalue weighted by molar-refractivity contribution is 0.0532. The van der Waals surface area contributed by atoms with Crippen molar-refractivity contribution < 1.29 is 14.7 Å². The number of phenolic OH excluding ortho intramolecular Hbond substituents is 1. The highest BCUT2D eigenvalue weighted by molar-refractivity contribution is 7.13. The molecule has 2 amide bonds. The van der Waals surface area contributed by atoms with Gasteiger partial charge in [-0.2, -0.15) is 5.10 Å². The summed E-state index contributed by atoms with van der Waals surface area (Å²) in [4.78, 5) is 29.6. The molecule has 8 heteroatoms. The molecule has 3 aromatic rings. The second-order valence-corrected chi connectivity index (χ2v) is 7.23. The first kappa shape index (κ1) is 17.3. The summed E-state index contributed by atoms with van der Waals surface area (Å²) in [5.74, 6) is -0.217. The smallest absolute Gasteiger partial charge is 0.274 e. The standard InChI is InChI=1S/C19H18N4O3S/c24-14-4-1-3-13(11-14)18(25)22-6-8-23(9-7-22)19(26)16-12-15(20-21-16)17-5-2-10-27-17/h1-5,10-12,24H,6-9H2,(H,20,21). The predicted octanol–water partition coefficient (Wildman–Crippen LogP) is 2.44. The third kappa shape index (κ3) is 3.56. The molecule has 2 aromatic heterocycles. The number of nitrogens with one attached hydrogen (secondary N) is 1. The van der Waals surface area contributed by atoms with E-state index in [1.165, 1.54) is 12.1 Å². The second kappa shape index (κ2) is 7.24. The molecule has 3 heterocycles. The third-order valence-electron chi connectivity index (χ3n) is 4.53. The molecule has 0 radical (unpaired) electrons. The molecular weight excluding hydrogens is 364 g/mol. The van der Waals surface area contributed by atoms with Gasteiger partial charge in [-0.25, -0.2) is 0 Å². The number of piperazine rings is 1. The maximum atomic E-state index is 12.7. The quantitative estimate of drug-likeness (QED) is 0.728. The van der Waals surface area contributed by atoms with Crippen LogP contribution in [-0.2, 0) is 0 Å². The van der Waals surface area contributed by atoms with Gasteiger partial charge in [-0.1, -0.05) is 12.1 Å². The van der Waals surface area contributed by atoms with Gasteiger partial charge in [0.25, 0.3) is 11.8 Å². The SMILES string of the molecule is O=C(c1cccc(O)c1)N1CCN(C(=O)c2cc(-c3cccs3)[nH]n2)CC1. The van der Waals surface area contributed by atoms with Gasteiger partial charge in [-0.3, -0.25) is 14.7 Å². The van der Waals surface area contributed by atoms with Crippen molar-refractivity contribution in [2.45, 2.75) is 0 Å². The number of amides is 2. The van der Waals surface area contributed by atoms with Gasteiger partial charge in [0, 0.05) is 31.7 Å². The molecule has 1 aliphatic heterocycles. The van der Waals surface area contributed by atoms with Crippen LogP contribution < -0.4 is 0 Å². The molecular formula is C19H18N4O3S. The Morgan fingerprint density at radius 2 is 1.74 bits per heavy atom. The van der Waals surface area contributed by atoms with Crippen molar-refractivity contribution in [2.75, 3.05) is 26.2 Å². The number of carbonyl (C=O) groups excluding carboxylic acids is 2. The van der Waals surface area contributed by atoms with Gasteiger partial charge in [-0.15, -0.1) is 11.3 Å². The molecule has 1 saturated heterocycles. The summed E-state index contributed by atoms with van der Waals surface area (Å²) in [7, 11) is 0. The summed E-state index contributed by atoms with van der Waals surface area (Å²) >= 11 is 1.58. The summed E-state index contributed by atoms with van der Waals surface area (Å²) in [5.41, 5.74) is 1.65. The van der Waals surface area contributed by atoms with Crippen LogP contribution >= 0.6 is 11.3 Å². The van der Waals surface area contributed by atoms with Gasteiger partial charge >= 0.3 is 0 Å². The molecule has 138 valence electrons. The number of aromatic hydroxyl groups is 1. The van der Waals surface area contributed by atoms with Crippen LogP contribution in [0.15, 0.2) is 47.8 Å². The van der Waals surface area contributed by atoms with Crippen LogP contribution in [0.2, 0.25) is 0 Å². The zero-order chi connectivity index (χ0) is 18.8. The van der Waals surface area contributed by atoms with Crippen LogP contribution in [0.25, 0.3) is 10.6 Å². The van der Waals surface area contributed by atoms with E-state index < -0.39 is 0 Å². The Morgan fingerprint density at radius 3 is 2.41 bits per heavy atom. The topological polar surface area (TPSA) is 89.5 Å². The van der Waals surface area contributed by atoms with Gasteiger partial charge in [0.1, 0.15) is 5.75 Å². The highest BCUT2D eigenvalue weighted by Gasteiger charge is 2.27. The number of rotatable bonds is 3. The molecule has 0 unspecified atom stereocenters. The number of hydrogen-bond donors (Lipinski definition) is 2. The average Bonchev–Trinajstić information content (AvgIpc) is 3.38. The first-order valence-corrected chi connectivity index (χ1v) is 9.46. The lowest BCUT2D eigenvalue weighted by atomic mass is 10.1. The van der Waals surface area contributed by atoms with Gasteiger partial charge in [0.05, 0.1) is 10.6 Å². The summed E-state index contributed by atoms with van der Waals surface area (Å²) in [6.07, 6.45) is 0. The van der Waals surface area contributed by atoms with Gasteiger partial charge in [0.15, 0.2) is 5.69 Å². The molecule has 0 saturated carbocycles. The van der Waals surface area contributed by atoms with E-state index in [1.54, 1.807) is 39.3 Å². The number of aromatic amines is 1. The maximum Gasteiger partial charge on any atom is 0.274 e. The minimum atomic E-state index is -0.141. The average molecular weight is 382 g/mol. The van der Waals surface area contributed by atoms with Crippen molar-refractivity contribution in [2.24, 2.45) is 0 Å². The van der Waals surface area contributed by atoms with Crippen molar-refractivity contribution >= 4 is 23.2 Å². The normalized spacial score (nSPS) is 14.4. The van der Waals surface area contributed by atoms with Crippen LogP contribution in [0.1, 0.15) is 20.8 Å². The summed E-state index contributed by atoms with van der Waals surface area (Å²) < 4.78 is 0. The van der Waals surface area contributed by atoms with Crippen LogP contribution in [0.3, 0.4) is 0 Å². The van der Waals surface area contributed by atoms with Gasteiger partial charge < -0.3 is 14.9 Å². The summed E-state index contributed by atoms with van der Waals surface area (Å²) in [5, 5.41) is 18.6. The molecule has 7 nitrogen and oxygen atoms in total. The van der Waals surface area contributed by atoms with Crippen molar-refractivity contribution in [3.63, 3.8) is 0 Å². The predicted molar refractivity (Wildman–Crippen MR) is 102 cm³/mol. The molecule has 4 rings (SSSR count). The first-order valence-electron chi connectivity index (χ1n) is 8.59. The van der Waals surface area contributed by atoms with E-state index in [-0.39, 0.29) is 17.6 Å². The number of carbonyl (C=O) groups is 2. The Balaban J connectivity index is 1.39. The van der Waals surface area contributed by atoms with Crippen LogP contribution in [0.4, 0.5) is 0 Å². The number of phenols is 1. The monoisotopic (exact) mass is 382 g/mol. The lowest BCUT2D eigenvalue weighted by Gasteiger charge is -2.34. The molecule has 2 N–H and O–H groups in total. The molecule has 0 aliphatic carbocycles. The molecule has 1 aromatic carbocycles. The van der Waals surface area contributed by atoms with Crippen LogP contribution in [-0.4, -0.2) is 63.1 Å². The highest BCUT2D eigenvalue weighted by Crippen LogP contribution is 2.23. The Labute approximate surface area is 159 Å². The minimum Gasteiger partial charge on any atom is -0.508 e. The van der Waals surface area contributed by atoms with E-state index in [4.69, 9.17) is 0 Å². The van der Waals surface area contributed by atoms with Crippen LogP contribution in [0, 0.1) is 0 Å². The Bertz CT molecular complexity index is 959. The zero-order valence-electron chi connectivity index (χ0n) is 14.5. The number of hydrogen-bond acceptors (Lipinski definition) is 5. The fourth-order valence-electron chi connectivity index (χ4n) is 3.09. The second-order valence-electron chi connectivity index (χ2n) is 6.28. The van der Waals surface area contributed by atoms with Crippen molar-refractivity contribution in [1.82, 2.24) is 20.0 Å². The molecule has 0 atom stereocenters. The molecule has 0 bridgehead atoms. The molecule has 1 fully saturated rings. The Hall–Kier alpha value is -3.13. The summed E-state index contributed by atoms with van der Waals surface area (Å²) in [6.45, 7) is 1.79. The highest BCUT2D eigenvalue weighted by atomic mass is 32.1. The van der Waals surface area contributed by atoms with E-state index in [0.29, 0.717) is 37.4 Å². The van der Waals surface area contributed by atoms with Crippen molar-refractivity contribution in [3.05, 3.63) is 59.1 Å². The number of nitrogens with zero attached hydrogens (tertiary/aromatic N) is 3. The van der Waals surface area contributed by atoms with Gasteiger partial charge in [0.2, 0.25) is 0 Å². The third-order valence-corrected chi connectivity index (χ3v) is 5.43. The molecule has 0 spiro atoms. The molecule has 27 heavy (non-hydrogen) atoms. The van der Waals surface area contributed by atoms with E-state index in [9.17, 15) is 14.7 Å². The fourth-order valence-corrected chi connectivity index (χ4v) is 3.78. The number of benzene rings is 1. The van der Waals surface area contributed by atoms with Crippen molar-refractivity contribution in [3.8, 4) is 16.3 Å². The number of aromatic nitrogens is 2. The summed E-state index contributed by atoms with van der Waals surface area (Å²) in [6, 6.07) is 12.0. The first-order chi connectivity index (χ1) is 13.1.